The fourth-order valence-corrected chi connectivity index (χ4v) is 2.65. The van der Waals surface area contributed by atoms with Gasteiger partial charge in [-0.25, -0.2) is 5.43 Å². The van der Waals surface area contributed by atoms with Crippen LogP contribution in [0.3, 0.4) is 0 Å². The zero-order valence-electron chi connectivity index (χ0n) is 14.1. The smallest absolute Gasteiger partial charge is 0.265 e. The second-order valence-corrected chi connectivity index (χ2v) is 6.69. The molecule has 1 atom stereocenters. The lowest BCUT2D eigenvalue weighted by Gasteiger charge is -2.30. The number of nitrogens with one attached hydrogen (secondary N) is 2. The van der Waals surface area contributed by atoms with E-state index >= 15 is 0 Å². The van der Waals surface area contributed by atoms with E-state index in [2.05, 4.69) is 38.5 Å². The first-order chi connectivity index (χ1) is 10.3. The maximum Gasteiger partial charge on any atom is 0.265 e. The highest BCUT2D eigenvalue weighted by molar-refractivity contribution is 5.96. The molecule has 0 fully saturated rings. The van der Waals surface area contributed by atoms with Gasteiger partial charge in [-0.3, -0.25) is 10.2 Å². The molecular formula is C17H26N2O3. The molecule has 1 heterocycles. The Morgan fingerprint density at radius 1 is 1.27 bits per heavy atom. The fraction of sp³-hybridized carbons (Fsp3) is 0.588. The van der Waals surface area contributed by atoms with Crippen LogP contribution >= 0.6 is 0 Å². The topological polar surface area (TPSA) is 59.6 Å². The van der Waals surface area contributed by atoms with Crippen molar-refractivity contribution >= 4 is 5.91 Å². The number of hydrogen-bond acceptors (Lipinski definition) is 4. The van der Waals surface area contributed by atoms with Gasteiger partial charge in [0.25, 0.3) is 5.91 Å². The maximum absolute atomic E-state index is 12.4. The molecule has 1 aromatic rings. The molecule has 1 aliphatic heterocycles. The highest BCUT2D eigenvalue weighted by Crippen LogP contribution is 2.35. The molecule has 0 spiro atoms. The molecule has 0 aromatic heterocycles. The monoisotopic (exact) mass is 306 g/mol. The molecule has 0 bridgehead atoms. The molecule has 2 N–H and O–H groups in total. The van der Waals surface area contributed by atoms with E-state index in [1.165, 1.54) is 0 Å². The van der Waals surface area contributed by atoms with Gasteiger partial charge >= 0.3 is 0 Å². The number of hydrogen-bond donors (Lipinski definition) is 2. The molecule has 1 unspecified atom stereocenters. The molecule has 5 heteroatoms. The van der Waals surface area contributed by atoms with Crippen molar-refractivity contribution in [2.45, 2.75) is 47.1 Å². The maximum atomic E-state index is 12.4. The number of benzene rings is 1. The molecule has 0 aliphatic carbocycles. The Bertz CT molecular complexity index is 550. The highest BCUT2D eigenvalue weighted by atomic mass is 16.6. The Hall–Kier alpha value is -1.75. The van der Waals surface area contributed by atoms with Gasteiger partial charge in [0.05, 0.1) is 0 Å². The Kier molecular flexibility index (Phi) is 4.96. The van der Waals surface area contributed by atoms with Gasteiger partial charge in [0.2, 0.25) is 0 Å². The molecule has 22 heavy (non-hydrogen) atoms. The van der Waals surface area contributed by atoms with Crippen LogP contribution in [0.15, 0.2) is 12.1 Å². The molecule has 0 radical (unpaired) electrons. The highest BCUT2D eigenvalue weighted by Gasteiger charge is 2.24. The number of ether oxygens (including phenoxy) is 2. The molecule has 0 saturated carbocycles. The first-order valence-corrected chi connectivity index (χ1v) is 7.79. The molecule has 1 aliphatic rings. The quantitative estimate of drug-likeness (QED) is 0.840. The van der Waals surface area contributed by atoms with Gasteiger partial charge in [0.15, 0.2) is 11.5 Å². The lowest BCUT2D eigenvalue weighted by atomic mass is 9.86. The van der Waals surface area contributed by atoms with Crippen molar-refractivity contribution in [2.24, 2.45) is 5.41 Å². The molecule has 1 amide bonds. The molecule has 5 nitrogen and oxygen atoms in total. The van der Waals surface area contributed by atoms with E-state index in [0.29, 0.717) is 30.3 Å². The summed E-state index contributed by atoms with van der Waals surface area (Å²) < 4.78 is 11.1. The summed E-state index contributed by atoms with van der Waals surface area (Å²) >= 11 is 0. The predicted octanol–water partition coefficient (Wildman–Crippen LogP) is 2.83. The van der Waals surface area contributed by atoms with Gasteiger partial charge in [-0.05, 0) is 30.9 Å². The summed E-state index contributed by atoms with van der Waals surface area (Å²) in [5.41, 5.74) is 7.44. The average molecular weight is 306 g/mol. The Balaban J connectivity index is 2.10. The van der Waals surface area contributed by atoms with E-state index in [1.807, 2.05) is 6.92 Å². The van der Waals surface area contributed by atoms with Crippen LogP contribution in [0.1, 0.15) is 50.0 Å². The third-order valence-electron chi connectivity index (χ3n) is 4.02. The average Bonchev–Trinajstić information content (AvgIpc) is 2.47. The standard InChI is InChI=1S/C17H26N2O3/c1-6-14(17(3,4)5)18-19-16(20)12-7-8-13-15(11(12)2)22-10-9-21-13/h7-8,14,18H,6,9-10H2,1-5H3,(H,19,20). The van der Waals surface area contributed by atoms with Crippen LogP contribution in [-0.2, 0) is 0 Å². The number of carbonyl (C=O) groups is 1. The van der Waals surface area contributed by atoms with E-state index < -0.39 is 0 Å². The van der Waals surface area contributed by atoms with Crippen LogP contribution in [0.2, 0.25) is 0 Å². The zero-order chi connectivity index (χ0) is 16.3. The summed E-state index contributed by atoms with van der Waals surface area (Å²) in [6, 6.07) is 3.77. The molecule has 1 aromatic carbocycles. The van der Waals surface area contributed by atoms with Gasteiger partial charge in [-0.2, -0.15) is 0 Å². The van der Waals surface area contributed by atoms with Crippen LogP contribution < -0.4 is 20.3 Å². The van der Waals surface area contributed by atoms with Gasteiger partial charge < -0.3 is 9.47 Å². The van der Waals surface area contributed by atoms with Crippen molar-refractivity contribution in [3.63, 3.8) is 0 Å². The number of amides is 1. The fourth-order valence-electron chi connectivity index (χ4n) is 2.65. The van der Waals surface area contributed by atoms with E-state index in [-0.39, 0.29) is 17.4 Å². The van der Waals surface area contributed by atoms with Crippen molar-refractivity contribution in [1.82, 2.24) is 10.9 Å². The Morgan fingerprint density at radius 2 is 1.95 bits per heavy atom. The van der Waals surface area contributed by atoms with Crippen LogP contribution in [0.25, 0.3) is 0 Å². The van der Waals surface area contributed by atoms with E-state index in [0.717, 1.165) is 12.0 Å². The van der Waals surface area contributed by atoms with Crippen LogP contribution in [0, 0.1) is 12.3 Å². The summed E-state index contributed by atoms with van der Waals surface area (Å²) in [6.45, 7) is 11.5. The second kappa shape index (κ2) is 6.57. The van der Waals surface area contributed by atoms with Crippen LogP contribution in [-0.4, -0.2) is 25.2 Å². The summed E-state index contributed by atoms with van der Waals surface area (Å²) in [6.07, 6.45) is 0.934. The number of fused-ring (bicyclic) bond motifs is 1. The van der Waals surface area contributed by atoms with Crippen molar-refractivity contribution in [1.29, 1.82) is 0 Å². The minimum Gasteiger partial charge on any atom is -0.486 e. The van der Waals surface area contributed by atoms with Gasteiger partial charge in [0.1, 0.15) is 13.2 Å². The second-order valence-electron chi connectivity index (χ2n) is 6.69. The normalized spacial score (nSPS) is 15.3. The Morgan fingerprint density at radius 3 is 2.59 bits per heavy atom. The van der Waals surface area contributed by atoms with Gasteiger partial charge in [-0.1, -0.05) is 27.7 Å². The molecule has 2 rings (SSSR count). The number of carbonyl (C=O) groups excluding carboxylic acids is 1. The predicted molar refractivity (Wildman–Crippen MR) is 86.3 cm³/mol. The largest absolute Gasteiger partial charge is 0.486 e. The SMILES string of the molecule is CCC(NNC(=O)c1ccc2c(c1C)OCCO2)C(C)(C)C. The first-order valence-electron chi connectivity index (χ1n) is 7.79. The lowest BCUT2D eigenvalue weighted by Crippen LogP contribution is -2.49. The molecule has 122 valence electrons. The molecule has 0 saturated heterocycles. The van der Waals surface area contributed by atoms with E-state index in [4.69, 9.17) is 9.47 Å². The van der Waals surface area contributed by atoms with Crippen molar-refractivity contribution in [3.8, 4) is 11.5 Å². The molecular weight excluding hydrogens is 280 g/mol. The van der Waals surface area contributed by atoms with Crippen molar-refractivity contribution in [3.05, 3.63) is 23.3 Å². The van der Waals surface area contributed by atoms with Crippen LogP contribution in [0.4, 0.5) is 0 Å². The third kappa shape index (κ3) is 3.53. The summed E-state index contributed by atoms with van der Waals surface area (Å²) in [7, 11) is 0. The minimum atomic E-state index is -0.155. The summed E-state index contributed by atoms with van der Waals surface area (Å²) in [5.74, 6) is 1.22. The number of hydrazine groups is 1. The van der Waals surface area contributed by atoms with E-state index in [9.17, 15) is 4.79 Å². The van der Waals surface area contributed by atoms with E-state index in [1.54, 1.807) is 12.1 Å². The summed E-state index contributed by atoms with van der Waals surface area (Å²) in [4.78, 5) is 12.4. The zero-order valence-corrected chi connectivity index (χ0v) is 14.1. The summed E-state index contributed by atoms with van der Waals surface area (Å²) in [5, 5.41) is 0. The van der Waals surface area contributed by atoms with Crippen LogP contribution in [0.5, 0.6) is 11.5 Å². The number of rotatable bonds is 4. The minimum absolute atomic E-state index is 0.0733. The first kappa shape index (κ1) is 16.6. The van der Waals surface area contributed by atoms with Crippen molar-refractivity contribution < 1.29 is 14.3 Å². The van der Waals surface area contributed by atoms with Gasteiger partial charge in [0, 0.05) is 17.2 Å². The third-order valence-corrected chi connectivity index (χ3v) is 4.02. The lowest BCUT2D eigenvalue weighted by molar-refractivity contribution is 0.0904. The van der Waals surface area contributed by atoms with Gasteiger partial charge in [-0.15, -0.1) is 0 Å². The van der Waals surface area contributed by atoms with Crippen molar-refractivity contribution in [2.75, 3.05) is 13.2 Å². The Labute approximate surface area is 132 Å².